The number of rotatable bonds is 8. The van der Waals surface area contributed by atoms with Gasteiger partial charge in [-0.15, -0.1) is 0 Å². The summed E-state index contributed by atoms with van der Waals surface area (Å²) >= 11 is 0. The van der Waals surface area contributed by atoms with Gasteiger partial charge in [0.05, 0.1) is 0 Å². The minimum Gasteiger partial charge on any atom is -0.369 e. The molecule has 0 aromatic rings. The topological polar surface area (TPSA) is 43.1 Å². The van der Waals surface area contributed by atoms with E-state index in [4.69, 9.17) is 12.6 Å². The lowest BCUT2D eigenvalue weighted by Crippen LogP contribution is -2.22. The van der Waals surface area contributed by atoms with Crippen molar-refractivity contribution in [1.29, 1.82) is 0 Å². The summed E-state index contributed by atoms with van der Waals surface area (Å²) in [5.74, 6) is -0.417. The van der Waals surface area contributed by atoms with Crippen molar-refractivity contribution in [3.8, 4) is 0 Å². The summed E-state index contributed by atoms with van der Waals surface area (Å²) in [6.07, 6.45) is 1.32. The van der Waals surface area contributed by atoms with Crippen LogP contribution in [0.5, 0.6) is 0 Å². The van der Waals surface area contributed by atoms with E-state index in [1.54, 1.807) is 0 Å². The Balaban J connectivity index is 3.85. The van der Waals surface area contributed by atoms with Crippen molar-refractivity contribution in [3.63, 3.8) is 0 Å². The molecular formula is C11H23NO. The van der Waals surface area contributed by atoms with Crippen LogP contribution in [-0.2, 0) is 4.79 Å². The molecule has 0 heterocycles. The molecule has 2 heteroatoms. The van der Waals surface area contributed by atoms with Gasteiger partial charge in [0.2, 0.25) is 5.91 Å². The molecular weight excluding hydrogens is 162 g/mol. The molecule has 0 saturated heterocycles. The van der Waals surface area contributed by atoms with Gasteiger partial charge < -0.3 is 5.73 Å². The van der Waals surface area contributed by atoms with Gasteiger partial charge in [0.15, 0.2) is 0 Å². The molecule has 0 saturated carbocycles. The summed E-state index contributed by atoms with van der Waals surface area (Å²) in [6, 6.07) is 0. The first kappa shape index (κ1) is 6.05. The second-order valence-corrected chi connectivity index (χ2v) is 3.28. The SMILES string of the molecule is [2H]C([2H])([2H])C([2H])([2H])CCCCCC(CC)C(N)=O. The predicted octanol–water partition coefficient (Wildman–Crippen LogP) is 2.86. The van der Waals surface area contributed by atoms with Crippen LogP contribution in [0.15, 0.2) is 0 Å². The summed E-state index contributed by atoms with van der Waals surface area (Å²) in [4.78, 5) is 11.0. The average molecular weight is 190 g/mol. The van der Waals surface area contributed by atoms with Crippen LogP contribution in [0.2, 0.25) is 0 Å². The molecule has 0 spiro atoms. The molecule has 0 rings (SSSR count). The van der Waals surface area contributed by atoms with Gasteiger partial charge in [0.25, 0.3) is 0 Å². The van der Waals surface area contributed by atoms with E-state index >= 15 is 0 Å². The van der Waals surface area contributed by atoms with E-state index < -0.39 is 13.2 Å². The third kappa shape index (κ3) is 6.62. The second-order valence-electron chi connectivity index (χ2n) is 3.28. The van der Waals surface area contributed by atoms with Gasteiger partial charge in [-0.25, -0.2) is 0 Å². The van der Waals surface area contributed by atoms with Crippen LogP contribution in [0, 0.1) is 5.92 Å². The summed E-state index contributed by atoms with van der Waals surface area (Å²) in [5, 5.41) is 0. The van der Waals surface area contributed by atoms with E-state index in [0.29, 0.717) is 19.3 Å². The van der Waals surface area contributed by atoms with Crippen molar-refractivity contribution in [2.75, 3.05) is 0 Å². The van der Waals surface area contributed by atoms with Crippen LogP contribution in [0.4, 0.5) is 0 Å². The molecule has 1 amide bonds. The molecule has 0 bridgehead atoms. The minimum absolute atomic E-state index is 0.0247. The Morgan fingerprint density at radius 2 is 2.15 bits per heavy atom. The highest BCUT2D eigenvalue weighted by Crippen LogP contribution is 2.13. The highest BCUT2D eigenvalue weighted by atomic mass is 16.1. The van der Waals surface area contributed by atoms with Crippen LogP contribution < -0.4 is 5.73 Å². The Morgan fingerprint density at radius 3 is 2.69 bits per heavy atom. The zero-order valence-electron chi connectivity index (χ0n) is 13.3. The zero-order chi connectivity index (χ0) is 14.4. The highest BCUT2D eigenvalue weighted by molar-refractivity contribution is 5.76. The van der Waals surface area contributed by atoms with Crippen LogP contribution in [0.1, 0.15) is 65.5 Å². The van der Waals surface area contributed by atoms with Gasteiger partial charge in [0.1, 0.15) is 0 Å². The molecule has 0 aliphatic heterocycles. The Hall–Kier alpha value is -0.530. The first-order chi connectivity index (χ1) is 8.12. The van der Waals surface area contributed by atoms with Crippen LogP contribution >= 0.6 is 0 Å². The lowest BCUT2D eigenvalue weighted by atomic mass is 9.97. The Labute approximate surface area is 88.9 Å². The minimum atomic E-state index is -2.56. The molecule has 0 aromatic carbocycles. The number of carbonyl (C=O) groups is 1. The highest BCUT2D eigenvalue weighted by Gasteiger charge is 2.11. The van der Waals surface area contributed by atoms with Crippen molar-refractivity contribution >= 4 is 5.91 Å². The van der Waals surface area contributed by atoms with Crippen molar-refractivity contribution in [2.24, 2.45) is 11.7 Å². The maximum absolute atomic E-state index is 11.0. The molecule has 1 atom stereocenters. The summed E-state index contributed by atoms with van der Waals surface area (Å²) in [6.45, 7) is -0.658. The van der Waals surface area contributed by atoms with Crippen molar-refractivity contribution in [2.45, 2.75) is 58.7 Å². The molecule has 2 N–H and O–H groups in total. The lowest BCUT2D eigenvalue weighted by Gasteiger charge is -2.09. The number of hydrogen-bond donors (Lipinski definition) is 1. The Bertz CT molecular complexity index is 265. The van der Waals surface area contributed by atoms with Crippen LogP contribution in [-0.4, -0.2) is 5.91 Å². The molecule has 2 nitrogen and oxygen atoms in total. The Kier molecular flexibility index (Phi) is 3.76. The summed E-state index contributed by atoms with van der Waals surface area (Å²) in [7, 11) is 0. The maximum Gasteiger partial charge on any atom is 0.220 e. The predicted molar refractivity (Wildman–Crippen MR) is 56.4 cm³/mol. The lowest BCUT2D eigenvalue weighted by molar-refractivity contribution is -0.122. The van der Waals surface area contributed by atoms with Gasteiger partial charge >= 0.3 is 0 Å². The number of unbranched alkanes of at least 4 members (excludes halogenated alkanes) is 2. The van der Waals surface area contributed by atoms with Crippen LogP contribution in [0.25, 0.3) is 0 Å². The van der Waals surface area contributed by atoms with Gasteiger partial charge in [-0.3, -0.25) is 4.79 Å². The third-order valence-electron chi connectivity index (χ3n) is 2.25. The largest absolute Gasteiger partial charge is 0.369 e. The van der Waals surface area contributed by atoms with E-state index in [0.717, 1.165) is 12.8 Å². The molecule has 0 aliphatic rings. The number of nitrogens with two attached hydrogens (primary N) is 1. The van der Waals surface area contributed by atoms with Crippen LogP contribution in [0.3, 0.4) is 0 Å². The first-order valence-corrected chi connectivity index (χ1v) is 4.91. The van der Waals surface area contributed by atoms with E-state index in [9.17, 15) is 4.79 Å². The van der Waals surface area contributed by atoms with Gasteiger partial charge in [-0.2, -0.15) is 0 Å². The molecule has 0 fully saturated rings. The first-order valence-electron chi connectivity index (χ1n) is 7.41. The van der Waals surface area contributed by atoms with E-state index in [1.165, 1.54) is 0 Å². The second kappa shape index (κ2) is 8.09. The molecule has 13 heavy (non-hydrogen) atoms. The van der Waals surface area contributed by atoms with E-state index in [-0.39, 0.29) is 18.2 Å². The number of carbonyl (C=O) groups excluding carboxylic acids is 1. The quantitative estimate of drug-likeness (QED) is 0.588. The fourth-order valence-electron chi connectivity index (χ4n) is 1.33. The monoisotopic (exact) mass is 190 g/mol. The number of hydrogen-bond acceptors (Lipinski definition) is 1. The van der Waals surface area contributed by atoms with Crippen molar-refractivity contribution < 1.29 is 11.6 Å². The average Bonchev–Trinajstić information content (AvgIpc) is 2.20. The van der Waals surface area contributed by atoms with Gasteiger partial charge in [-0.1, -0.05) is 45.8 Å². The number of primary amides is 1. The van der Waals surface area contributed by atoms with Gasteiger partial charge in [0, 0.05) is 12.8 Å². The maximum atomic E-state index is 11.0. The van der Waals surface area contributed by atoms with Gasteiger partial charge in [-0.05, 0) is 12.8 Å². The normalized spacial score (nSPS) is 20.5. The summed E-state index contributed by atoms with van der Waals surface area (Å²) < 4.78 is 36.1. The zero-order valence-corrected chi connectivity index (χ0v) is 8.31. The van der Waals surface area contributed by atoms with Crippen molar-refractivity contribution in [3.05, 3.63) is 0 Å². The molecule has 0 radical (unpaired) electrons. The smallest absolute Gasteiger partial charge is 0.220 e. The van der Waals surface area contributed by atoms with E-state index in [1.807, 2.05) is 6.92 Å². The number of amides is 1. The third-order valence-corrected chi connectivity index (χ3v) is 2.25. The molecule has 1 unspecified atom stereocenters. The molecule has 0 aliphatic carbocycles. The fourth-order valence-corrected chi connectivity index (χ4v) is 1.33. The molecule has 0 aromatic heterocycles. The van der Waals surface area contributed by atoms with E-state index in [2.05, 4.69) is 0 Å². The fraction of sp³-hybridized carbons (Fsp3) is 0.909. The summed E-state index contributed by atoms with van der Waals surface area (Å²) in [5.41, 5.74) is 5.21. The van der Waals surface area contributed by atoms with Crippen molar-refractivity contribution in [1.82, 2.24) is 0 Å². The Morgan fingerprint density at radius 1 is 1.46 bits per heavy atom. The standard InChI is InChI=1S/C11H23NO/c1-3-5-6-7-8-9-10(4-2)11(12)13/h10H,3-9H2,1-2H3,(H2,12,13)/i1D3,3D2. The molecule has 78 valence electrons.